The molecule has 1 N–H and O–H groups in total. The Morgan fingerprint density at radius 2 is 2.09 bits per heavy atom. The number of carbonyl (C=O) groups excluding carboxylic acids is 1. The van der Waals surface area contributed by atoms with Crippen LogP contribution in [0.5, 0.6) is 0 Å². The van der Waals surface area contributed by atoms with Crippen LogP contribution in [0.15, 0.2) is 0 Å². The minimum absolute atomic E-state index is 0.0654. The number of likely N-dealkylation sites (N-methyl/N-ethyl adjacent to an activating group) is 1. The molecule has 6 nitrogen and oxygen atoms in total. The van der Waals surface area contributed by atoms with Gasteiger partial charge in [0.1, 0.15) is 0 Å². The molecular weight excluding hydrogens is 282 g/mol. The number of nitrogens with zero attached hydrogens (tertiary/aromatic N) is 2. The molecule has 3 fully saturated rings. The molecule has 0 aromatic rings. The van der Waals surface area contributed by atoms with Crippen LogP contribution in [0.4, 0.5) is 4.79 Å². The Balaban J connectivity index is 1.47. The number of amides is 2. The van der Waals surface area contributed by atoms with Crippen molar-refractivity contribution in [2.24, 2.45) is 11.8 Å². The molecule has 3 rings (SSSR count). The summed E-state index contributed by atoms with van der Waals surface area (Å²) >= 11 is 0. The van der Waals surface area contributed by atoms with E-state index in [-0.39, 0.29) is 12.1 Å². The molecule has 0 radical (unpaired) electrons. The van der Waals surface area contributed by atoms with Crippen LogP contribution >= 0.6 is 0 Å². The topological polar surface area (TPSA) is 54.0 Å². The van der Waals surface area contributed by atoms with Gasteiger partial charge in [0.25, 0.3) is 0 Å². The molecular formula is C16H29N3O3. The van der Waals surface area contributed by atoms with Crippen molar-refractivity contribution < 1.29 is 14.3 Å². The van der Waals surface area contributed by atoms with E-state index >= 15 is 0 Å². The van der Waals surface area contributed by atoms with Gasteiger partial charge in [0, 0.05) is 45.2 Å². The molecule has 0 spiro atoms. The van der Waals surface area contributed by atoms with Gasteiger partial charge in [0.2, 0.25) is 0 Å². The first-order chi connectivity index (χ1) is 10.7. The van der Waals surface area contributed by atoms with Crippen molar-refractivity contribution in [1.82, 2.24) is 15.1 Å². The standard InChI is InChI=1S/C16H29N3O3/c1-18-5-7-22-15(10-18)11-19(9-13-2-3-13)16(20)17-8-14-4-6-21-12-14/h13-15H,2-12H2,1H3,(H,17,20)/t14-,15-/m1/s1. The molecule has 1 saturated carbocycles. The highest BCUT2D eigenvalue weighted by Gasteiger charge is 2.30. The summed E-state index contributed by atoms with van der Waals surface area (Å²) in [6, 6.07) is 0.0654. The number of urea groups is 1. The molecule has 0 aromatic carbocycles. The Hall–Kier alpha value is -0.850. The molecule has 126 valence electrons. The predicted octanol–water partition coefficient (Wildman–Crippen LogP) is 0.775. The summed E-state index contributed by atoms with van der Waals surface area (Å²) in [4.78, 5) is 16.8. The lowest BCUT2D eigenvalue weighted by Crippen LogP contribution is -2.50. The fourth-order valence-corrected chi connectivity index (χ4v) is 3.16. The molecule has 1 aliphatic carbocycles. The number of carbonyl (C=O) groups is 1. The maximum atomic E-state index is 12.5. The minimum atomic E-state index is 0.0654. The van der Waals surface area contributed by atoms with Crippen molar-refractivity contribution >= 4 is 6.03 Å². The van der Waals surface area contributed by atoms with Crippen LogP contribution in [0.1, 0.15) is 19.3 Å². The van der Waals surface area contributed by atoms with Crippen molar-refractivity contribution in [2.45, 2.75) is 25.4 Å². The smallest absolute Gasteiger partial charge is 0.317 e. The Labute approximate surface area is 133 Å². The Bertz CT molecular complexity index is 370. The van der Waals surface area contributed by atoms with Gasteiger partial charge < -0.3 is 24.6 Å². The minimum Gasteiger partial charge on any atom is -0.381 e. The molecule has 2 atom stereocenters. The van der Waals surface area contributed by atoms with E-state index in [0.29, 0.717) is 18.4 Å². The van der Waals surface area contributed by atoms with Gasteiger partial charge in [0.05, 0.1) is 19.3 Å². The SMILES string of the molecule is CN1CCO[C@@H](CN(CC2CC2)C(=O)NC[C@H]2CCOC2)C1. The second-order valence-corrected chi connectivity index (χ2v) is 7.02. The van der Waals surface area contributed by atoms with Gasteiger partial charge in [-0.15, -0.1) is 0 Å². The molecule has 0 bridgehead atoms. The lowest BCUT2D eigenvalue weighted by atomic mass is 10.1. The first-order valence-corrected chi connectivity index (χ1v) is 8.61. The molecule has 6 heteroatoms. The lowest BCUT2D eigenvalue weighted by Gasteiger charge is -2.34. The number of rotatable bonds is 6. The van der Waals surface area contributed by atoms with Crippen molar-refractivity contribution in [1.29, 1.82) is 0 Å². The van der Waals surface area contributed by atoms with E-state index in [1.165, 1.54) is 12.8 Å². The van der Waals surface area contributed by atoms with E-state index < -0.39 is 0 Å². The zero-order valence-corrected chi connectivity index (χ0v) is 13.6. The molecule has 0 unspecified atom stereocenters. The van der Waals surface area contributed by atoms with Gasteiger partial charge >= 0.3 is 6.03 Å². The molecule has 2 aliphatic heterocycles. The van der Waals surface area contributed by atoms with Crippen LogP contribution in [-0.4, -0.2) is 81.5 Å². The third-order valence-corrected chi connectivity index (χ3v) is 4.79. The number of nitrogens with one attached hydrogen (secondary N) is 1. The number of hydrogen-bond donors (Lipinski definition) is 1. The second-order valence-electron chi connectivity index (χ2n) is 7.02. The summed E-state index contributed by atoms with van der Waals surface area (Å²) in [6.07, 6.45) is 3.70. The summed E-state index contributed by atoms with van der Waals surface area (Å²) in [6.45, 7) is 6.56. The normalized spacial score (nSPS) is 29.5. The summed E-state index contributed by atoms with van der Waals surface area (Å²) in [5, 5.41) is 3.10. The van der Waals surface area contributed by atoms with Gasteiger partial charge in [-0.25, -0.2) is 4.79 Å². The molecule has 22 heavy (non-hydrogen) atoms. The van der Waals surface area contributed by atoms with E-state index in [2.05, 4.69) is 17.3 Å². The maximum absolute atomic E-state index is 12.5. The third-order valence-electron chi connectivity index (χ3n) is 4.79. The Kier molecular flexibility index (Phi) is 5.55. The fourth-order valence-electron chi connectivity index (χ4n) is 3.16. The van der Waals surface area contributed by atoms with Gasteiger partial charge in [0.15, 0.2) is 0 Å². The zero-order valence-electron chi connectivity index (χ0n) is 13.6. The molecule has 2 amide bonds. The third kappa shape index (κ3) is 4.83. The maximum Gasteiger partial charge on any atom is 0.317 e. The average Bonchev–Trinajstić information content (AvgIpc) is 3.16. The van der Waals surface area contributed by atoms with Crippen LogP contribution in [0.3, 0.4) is 0 Å². The second kappa shape index (κ2) is 7.62. The van der Waals surface area contributed by atoms with Crippen molar-refractivity contribution in [3.8, 4) is 0 Å². The van der Waals surface area contributed by atoms with Gasteiger partial charge in [-0.05, 0) is 32.2 Å². The van der Waals surface area contributed by atoms with Crippen molar-refractivity contribution in [2.75, 3.05) is 59.6 Å². The lowest BCUT2D eigenvalue weighted by molar-refractivity contribution is -0.0309. The van der Waals surface area contributed by atoms with E-state index in [0.717, 1.165) is 52.4 Å². The van der Waals surface area contributed by atoms with Crippen LogP contribution in [0.2, 0.25) is 0 Å². The first kappa shape index (κ1) is 16.0. The van der Waals surface area contributed by atoms with Crippen LogP contribution in [0.25, 0.3) is 0 Å². The average molecular weight is 311 g/mol. The first-order valence-electron chi connectivity index (χ1n) is 8.61. The summed E-state index contributed by atoms with van der Waals surface area (Å²) in [7, 11) is 2.11. The summed E-state index contributed by atoms with van der Waals surface area (Å²) in [5.41, 5.74) is 0. The Morgan fingerprint density at radius 1 is 1.23 bits per heavy atom. The van der Waals surface area contributed by atoms with Crippen LogP contribution < -0.4 is 5.32 Å². The highest BCUT2D eigenvalue weighted by molar-refractivity contribution is 5.74. The van der Waals surface area contributed by atoms with E-state index in [1.807, 2.05) is 4.90 Å². The van der Waals surface area contributed by atoms with E-state index in [1.54, 1.807) is 0 Å². The van der Waals surface area contributed by atoms with Gasteiger partial charge in [-0.3, -0.25) is 0 Å². The predicted molar refractivity (Wildman–Crippen MR) is 83.9 cm³/mol. The van der Waals surface area contributed by atoms with Gasteiger partial charge in [-0.2, -0.15) is 0 Å². The van der Waals surface area contributed by atoms with Crippen molar-refractivity contribution in [3.05, 3.63) is 0 Å². The van der Waals surface area contributed by atoms with Crippen molar-refractivity contribution in [3.63, 3.8) is 0 Å². The summed E-state index contributed by atoms with van der Waals surface area (Å²) in [5.74, 6) is 1.17. The quantitative estimate of drug-likeness (QED) is 0.787. The zero-order chi connectivity index (χ0) is 15.4. The Morgan fingerprint density at radius 3 is 2.77 bits per heavy atom. The largest absolute Gasteiger partial charge is 0.381 e. The van der Waals surface area contributed by atoms with Gasteiger partial charge in [-0.1, -0.05) is 0 Å². The van der Waals surface area contributed by atoms with Crippen LogP contribution in [-0.2, 0) is 9.47 Å². The highest BCUT2D eigenvalue weighted by atomic mass is 16.5. The summed E-state index contributed by atoms with van der Waals surface area (Å²) < 4.78 is 11.2. The number of hydrogen-bond acceptors (Lipinski definition) is 4. The van der Waals surface area contributed by atoms with Crippen LogP contribution in [0, 0.1) is 11.8 Å². The molecule has 3 aliphatic rings. The highest BCUT2D eigenvalue weighted by Crippen LogP contribution is 2.30. The number of ether oxygens (including phenoxy) is 2. The van der Waals surface area contributed by atoms with E-state index in [9.17, 15) is 4.79 Å². The monoisotopic (exact) mass is 311 g/mol. The van der Waals surface area contributed by atoms with E-state index in [4.69, 9.17) is 9.47 Å². The molecule has 2 saturated heterocycles. The number of morpholine rings is 1. The fraction of sp³-hybridized carbons (Fsp3) is 0.938. The molecule has 2 heterocycles. The molecule has 0 aromatic heterocycles.